The van der Waals surface area contributed by atoms with Crippen LogP contribution in [0.15, 0.2) is 48.8 Å². The van der Waals surface area contributed by atoms with Crippen LogP contribution >= 0.6 is 11.6 Å². The minimum absolute atomic E-state index is 0.00684. The first kappa shape index (κ1) is 14.4. The van der Waals surface area contributed by atoms with Crippen molar-refractivity contribution in [2.45, 2.75) is 0 Å². The molecule has 6 heteroatoms. The normalized spacial score (nSPS) is 10.5. The highest BCUT2D eigenvalue weighted by atomic mass is 35.5. The Bertz CT molecular complexity index is 826. The van der Waals surface area contributed by atoms with Crippen LogP contribution in [0.4, 0.5) is 4.39 Å². The standard InChI is InChI=1S/C16H11ClFN3O/c1-22-14-8-11(5-6-19-14)10-3-2-4-12(7-10)15-13(18)9-20-16(17)21-15/h2-9H,1H3. The van der Waals surface area contributed by atoms with Gasteiger partial charge in [0.05, 0.1) is 13.3 Å². The predicted octanol–water partition coefficient (Wildman–Crippen LogP) is 4.01. The molecule has 0 aliphatic heterocycles. The van der Waals surface area contributed by atoms with Gasteiger partial charge in [0.2, 0.25) is 11.2 Å². The third-order valence-electron chi connectivity index (χ3n) is 3.13. The molecule has 1 aromatic carbocycles. The molecular formula is C16H11ClFN3O. The molecule has 0 saturated carbocycles. The van der Waals surface area contributed by atoms with Crippen LogP contribution in [0.1, 0.15) is 0 Å². The number of halogens is 2. The van der Waals surface area contributed by atoms with E-state index in [9.17, 15) is 4.39 Å². The molecule has 3 rings (SSSR count). The summed E-state index contributed by atoms with van der Waals surface area (Å²) in [5, 5.41) is 0.00684. The Morgan fingerprint density at radius 3 is 2.64 bits per heavy atom. The Kier molecular flexibility index (Phi) is 3.98. The molecule has 2 heterocycles. The van der Waals surface area contributed by atoms with Gasteiger partial charge < -0.3 is 4.74 Å². The van der Waals surface area contributed by atoms with Crippen LogP contribution in [0, 0.1) is 5.82 Å². The number of hydrogen-bond acceptors (Lipinski definition) is 4. The Labute approximate surface area is 131 Å². The van der Waals surface area contributed by atoms with Crippen molar-refractivity contribution in [3.05, 3.63) is 59.9 Å². The summed E-state index contributed by atoms with van der Waals surface area (Å²) in [7, 11) is 1.56. The van der Waals surface area contributed by atoms with Crippen LogP contribution < -0.4 is 4.74 Å². The largest absolute Gasteiger partial charge is 0.481 e. The molecule has 110 valence electrons. The van der Waals surface area contributed by atoms with Gasteiger partial charge >= 0.3 is 0 Å². The van der Waals surface area contributed by atoms with Gasteiger partial charge in [0, 0.05) is 17.8 Å². The van der Waals surface area contributed by atoms with Crippen LogP contribution in [0.3, 0.4) is 0 Å². The highest BCUT2D eigenvalue weighted by Crippen LogP contribution is 2.28. The van der Waals surface area contributed by atoms with Gasteiger partial charge in [-0.15, -0.1) is 0 Å². The second-order valence-electron chi connectivity index (χ2n) is 4.50. The molecule has 0 unspecified atom stereocenters. The lowest BCUT2D eigenvalue weighted by atomic mass is 10.0. The van der Waals surface area contributed by atoms with E-state index in [0.29, 0.717) is 11.4 Å². The van der Waals surface area contributed by atoms with Gasteiger partial charge in [0.25, 0.3) is 0 Å². The van der Waals surface area contributed by atoms with E-state index in [-0.39, 0.29) is 11.0 Å². The highest BCUT2D eigenvalue weighted by molar-refractivity contribution is 6.28. The first-order valence-electron chi connectivity index (χ1n) is 6.46. The second kappa shape index (κ2) is 6.07. The van der Waals surface area contributed by atoms with Crippen LogP contribution in [0.25, 0.3) is 22.4 Å². The molecule has 0 saturated heterocycles. The van der Waals surface area contributed by atoms with Crippen molar-refractivity contribution in [3.63, 3.8) is 0 Å². The fourth-order valence-electron chi connectivity index (χ4n) is 2.09. The molecule has 0 aliphatic carbocycles. The maximum atomic E-state index is 13.9. The molecule has 0 bridgehead atoms. The van der Waals surface area contributed by atoms with Crippen molar-refractivity contribution in [1.29, 1.82) is 0 Å². The van der Waals surface area contributed by atoms with E-state index in [2.05, 4.69) is 15.0 Å². The molecule has 22 heavy (non-hydrogen) atoms. The zero-order chi connectivity index (χ0) is 15.5. The molecule has 0 N–H and O–H groups in total. The summed E-state index contributed by atoms with van der Waals surface area (Å²) in [6.07, 6.45) is 2.72. The van der Waals surface area contributed by atoms with Crippen molar-refractivity contribution in [2.24, 2.45) is 0 Å². The summed E-state index contributed by atoms with van der Waals surface area (Å²) in [5.74, 6) is -0.00646. The summed E-state index contributed by atoms with van der Waals surface area (Å²) >= 11 is 5.75. The Morgan fingerprint density at radius 2 is 1.82 bits per heavy atom. The molecular weight excluding hydrogens is 305 g/mol. The fraction of sp³-hybridized carbons (Fsp3) is 0.0625. The molecule has 4 nitrogen and oxygen atoms in total. The van der Waals surface area contributed by atoms with Crippen molar-refractivity contribution < 1.29 is 9.13 Å². The Morgan fingerprint density at radius 1 is 1.05 bits per heavy atom. The minimum Gasteiger partial charge on any atom is -0.481 e. The lowest BCUT2D eigenvalue weighted by Crippen LogP contribution is -1.93. The number of ether oxygens (including phenoxy) is 1. The van der Waals surface area contributed by atoms with Gasteiger partial charge in [0.1, 0.15) is 5.69 Å². The Balaban J connectivity index is 2.07. The smallest absolute Gasteiger partial charge is 0.223 e. The first-order valence-corrected chi connectivity index (χ1v) is 6.84. The second-order valence-corrected chi connectivity index (χ2v) is 4.84. The van der Waals surface area contributed by atoms with E-state index >= 15 is 0 Å². The van der Waals surface area contributed by atoms with E-state index in [1.165, 1.54) is 0 Å². The van der Waals surface area contributed by atoms with Crippen LogP contribution in [-0.4, -0.2) is 22.1 Å². The zero-order valence-corrected chi connectivity index (χ0v) is 12.4. The maximum absolute atomic E-state index is 13.9. The fourth-order valence-corrected chi connectivity index (χ4v) is 2.23. The average Bonchev–Trinajstić information content (AvgIpc) is 2.57. The first-order chi connectivity index (χ1) is 10.7. The van der Waals surface area contributed by atoms with Crippen LogP contribution in [0.2, 0.25) is 5.28 Å². The van der Waals surface area contributed by atoms with E-state index in [1.807, 2.05) is 30.3 Å². The summed E-state index contributed by atoms with van der Waals surface area (Å²) in [4.78, 5) is 11.6. The molecule has 0 spiro atoms. The highest BCUT2D eigenvalue weighted by Gasteiger charge is 2.10. The topological polar surface area (TPSA) is 47.9 Å². The summed E-state index contributed by atoms with van der Waals surface area (Å²) in [6, 6.07) is 11.0. The van der Waals surface area contributed by atoms with E-state index < -0.39 is 5.82 Å². The molecule has 0 radical (unpaired) electrons. The van der Waals surface area contributed by atoms with Gasteiger partial charge in [0.15, 0.2) is 5.82 Å². The molecule has 3 aromatic rings. The minimum atomic E-state index is -0.520. The quantitative estimate of drug-likeness (QED) is 0.685. The third kappa shape index (κ3) is 2.89. The third-order valence-corrected chi connectivity index (χ3v) is 3.31. The number of benzene rings is 1. The maximum Gasteiger partial charge on any atom is 0.223 e. The average molecular weight is 316 g/mol. The molecule has 0 atom stereocenters. The number of methoxy groups -OCH3 is 1. The zero-order valence-electron chi connectivity index (χ0n) is 11.6. The van der Waals surface area contributed by atoms with Gasteiger partial charge in [-0.1, -0.05) is 18.2 Å². The van der Waals surface area contributed by atoms with E-state index in [0.717, 1.165) is 17.3 Å². The number of rotatable bonds is 3. The van der Waals surface area contributed by atoms with Crippen molar-refractivity contribution in [1.82, 2.24) is 15.0 Å². The van der Waals surface area contributed by atoms with Crippen molar-refractivity contribution in [2.75, 3.05) is 7.11 Å². The Hall–Kier alpha value is -2.53. The van der Waals surface area contributed by atoms with E-state index in [4.69, 9.17) is 16.3 Å². The van der Waals surface area contributed by atoms with Gasteiger partial charge in [-0.05, 0) is 34.9 Å². The summed E-state index contributed by atoms with van der Waals surface area (Å²) in [5.41, 5.74) is 2.60. The van der Waals surface area contributed by atoms with Gasteiger partial charge in [-0.2, -0.15) is 0 Å². The number of pyridine rings is 1. The van der Waals surface area contributed by atoms with Crippen molar-refractivity contribution in [3.8, 4) is 28.3 Å². The summed E-state index contributed by atoms with van der Waals surface area (Å²) < 4.78 is 19.0. The number of nitrogens with zero attached hydrogens (tertiary/aromatic N) is 3. The molecule has 0 fully saturated rings. The monoisotopic (exact) mass is 315 g/mol. The molecule has 0 aliphatic rings. The predicted molar refractivity (Wildman–Crippen MR) is 82.2 cm³/mol. The van der Waals surface area contributed by atoms with Crippen LogP contribution in [-0.2, 0) is 0 Å². The number of hydrogen-bond donors (Lipinski definition) is 0. The van der Waals surface area contributed by atoms with E-state index in [1.54, 1.807) is 19.4 Å². The van der Waals surface area contributed by atoms with Gasteiger partial charge in [-0.25, -0.2) is 19.3 Å². The number of aromatic nitrogens is 3. The summed E-state index contributed by atoms with van der Waals surface area (Å²) in [6.45, 7) is 0. The van der Waals surface area contributed by atoms with Gasteiger partial charge in [-0.3, -0.25) is 0 Å². The molecule has 0 amide bonds. The lowest BCUT2D eigenvalue weighted by Gasteiger charge is -2.07. The SMILES string of the molecule is COc1cc(-c2cccc(-c3nc(Cl)ncc3F)c2)ccn1. The van der Waals surface area contributed by atoms with Crippen LogP contribution in [0.5, 0.6) is 5.88 Å². The lowest BCUT2D eigenvalue weighted by molar-refractivity contribution is 0.398. The van der Waals surface area contributed by atoms with Crippen molar-refractivity contribution >= 4 is 11.6 Å². The molecule has 2 aromatic heterocycles.